The molecule has 0 aliphatic carbocycles. The molecule has 1 aromatic heterocycles. The van der Waals surface area contributed by atoms with E-state index in [9.17, 15) is 0 Å². The fourth-order valence-electron chi connectivity index (χ4n) is 3.31. The standard InChI is InChI=1S/C22H25N5O/c1-28-20-10-4-17(5-11-20)16-24-21-12-13-23-22(26-21)25-18-6-8-19(9-7-18)27-14-2-3-15-27/h4-13H,2-3,14-16H2,1H3,(H2,23,24,25,26). The molecule has 1 aliphatic heterocycles. The second-order valence-corrected chi connectivity index (χ2v) is 6.83. The average molecular weight is 375 g/mol. The first kappa shape index (κ1) is 18.1. The first-order valence-corrected chi connectivity index (χ1v) is 9.62. The van der Waals surface area contributed by atoms with Crippen LogP contribution in [0, 0.1) is 0 Å². The molecule has 2 N–H and O–H groups in total. The molecule has 0 saturated carbocycles. The van der Waals surface area contributed by atoms with Crippen LogP contribution in [0.3, 0.4) is 0 Å². The van der Waals surface area contributed by atoms with Crippen molar-refractivity contribution < 1.29 is 4.74 Å². The highest BCUT2D eigenvalue weighted by atomic mass is 16.5. The van der Waals surface area contributed by atoms with Crippen molar-refractivity contribution in [2.45, 2.75) is 19.4 Å². The first-order chi connectivity index (χ1) is 13.8. The highest BCUT2D eigenvalue weighted by Gasteiger charge is 2.11. The van der Waals surface area contributed by atoms with Gasteiger partial charge in [-0.05, 0) is 60.9 Å². The molecule has 1 fully saturated rings. The largest absolute Gasteiger partial charge is 0.497 e. The minimum absolute atomic E-state index is 0.577. The van der Waals surface area contributed by atoms with Crippen LogP contribution in [-0.2, 0) is 6.54 Å². The van der Waals surface area contributed by atoms with Crippen molar-refractivity contribution in [3.63, 3.8) is 0 Å². The maximum atomic E-state index is 5.19. The number of aromatic nitrogens is 2. The number of anilines is 4. The van der Waals surface area contributed by atoms with Crippen molar-refractivity contribution in [3.05, 3.63) is 66.4 Å². The van der Waals surface area contributed by atoms with Crippen molar-refractivity contribution in [1.29, 1.82) is 0 Å². The van der Waals surface area contributed by atoms with Gasteiger partial charge in [0.2, 0.25) is 5.95 Å². The van der Waals surface area contributed by atoms with Crippen LogP contribution >= 0.6 is 0 Å². The zero-order valence-electron chi connectivity index (χ0n) is 16.1. The van der Waals surface area contributed by atoms with E-state index in [0.29, 0.717) is 12.5 Å². The number of hydrogen-bond donors (Lipinski definition) is 2. The Balaban J connectivity index is 1.36. The van der Waals surface area contributed by atoms with Crippen molar-refractivity contribution >= 4 is 23.1 Å². The monoisotopic (exact) mass is 375 g/mol. The number of benzene rings is 2. The van der Waals surface area contributed by atoms with Crippen molar-refractivity contribution in [3.8, 4) is 5.75 Å². The molecular weight excluding hydrogens is 350 g/mol. The van der Waals surface area contributed by atoms with Crippen LogP contribution in [0.5, 0.6) is 5.75 Å². The van der Waals surface area contributed by atoms with E-state index in [0.717, 1.165) is 35.9 Å². The Morgan fingerprint density at radius 2 is 1.71 bits per heavy atom. The highest BCUT2D eigenvalue weighted by Crippen LogP contribution is 2.23. The van der Waals surface area contributed by atoms with Gasteiger partial charge in [0.1, 0.15) is 11.6 Å². The topological polar surface area (TPSA) is 62.3 Å². The van der Waals surface area contributed by atoms with E-state index < -0.39 is 0 Å². The molecule has 0 unspecified atom stereocenters. The Labute approximate surface area is 165 Å². The third-order valence-corrected chi connectivity index (χ3v) is 4.88. The Morgan fingerprint density at radius 1 is 0.964 bits per heavy atom. The van der Waals surface area contributed by atoms with E-state index in [1.54, 1.807) is 13.3 Å². The summed E-state index contributed by atoms with van der Waals surface area (Å²) in [6, 6.07) is 18.3. The van der Waals surface area contributed by atoms with Crippen molar-refractivity contribution in [2.75, 3.05) is 35.7 Å². The number of hydrogen-bond acceptors (Lipinski definition) is 6. The van der Waals surface area contributed by atoms with Gasteiger partial charge in [-0.2, -0.15) is 4.98 Å². The predicted octanol–water partition coefficient (Wildman–Crippen LogP) is 4.44. The predicted molar refractivity (Wildman–Crippen MR) is 114 cm³/mol. The van der Waals surface area contributed by atoms with E-state index in [4.69, 9.17) is 4.74 Å². The summed E-state index contributed by atoms with van der Waals surface area (Å²) in [5.74, 6) is 2.21. The van der Waals surface area contributed by atoms with Crippen LogP contribution in [0.1, 0.15) is 18.4 Å². The van der Waals surface area contributed by atoms with Gasteiger partial charge in [-0.15, -0.1) is 0 Å². The minimum atomic E-state index is 0.577. The molecule has 0 atom stereocenters. The van der Waals surface area contributed by atoms with Crippen molar-refractivity contribution in [2.24, 2.45) is 0 Å². The summed E-state index contributed by atoms with van der Waals surface area (Å²) in [6.07, 6.45) is 4.32. The summed E-state index contributed by atoms with van der Waals surface area (Å²) in [4.78, 5) is 11.3. The molecule has 0 bridgehead atoms. The summed E-state index contributed by atoms with van der Waals surface area (Å²) in [7, 11) is 1.67. The summed E-state index contributed by atoms with van der Waals surface area (Å²) in [6.45, 7) is 2.99. The van der Waals surface area contributed by atoms with Gasteiger partial charge in [-0.3, -0.25) is 0 Å². The van der Waals surface area contributed by atoms with Gasteiger partial charge >= 0.3 is 0 Å². The second kappa shape index (κ2) is 8.61. The molecule has 1 aliphatic rings. The maximum Gasteiger partial charge on any atom is 0.229 e. The van der Waals surface area contributed by atoms with E-state index >= 15 is 0 Å². The van der Waals surface area contributed by atoms with Crippen LogP contribution in [0.25, 0.3) is 0 Å². The zero-order valence-corrected chi connectivity index (χ0v) is 16.1. The average Bonchev–Trinajstić information content (AvgIpc) is 3.28. The second-order valence-electron chi connectivity index (χ2n) is 6.83. The van der Waals surface area contributed by atoms with Gasteiger partial charge in [-0.1, -0.05) is 12.1 Å². The lowest BCUT2D eigenvalue weighted by Crippen LogP contribution is -2.17. The quantitative estimate of drug-likeness (QED) is 0.636. The number of methoxy groups -OCH3 is 1. The van der Waals surface area contributed by atoms with E-state index in [-0.39, 0.29) is 0 Å². The summed E-state index contributed by atoms with van der Waals surface area (Å²) < 4.78 is 5.19. The molecule has 2 aromatic carbocycles. The molecule has 2 heterocycles. The number of nitrogens with one attached hydrogen (secondary N) is 2. The van der Waals surface area contributed by atoms with Gasteiger partial charge < -0.3 is 20.3 Å². The molecule has 1 saturated heterocycles. The van der Waals surface area contributed by atoms with Gasteiger partial charge in [0.05, 0.1) is 7.11 Å². The molecule has 28 heavy (non-hydrogen) atoms. The lowest BCUT2D eigenvalue weighted by Gasteiger charge is -2.17. The highest BCUT2D eigenvalue weighted by molar-refractivity contribution is 5.60. The van der Waals surface area contributed by atoms with Crippen LogP contribution in [0.2, 0.25) is 0 Å². The third kappa shape index (κ3) is 4.52. The SMILES string of the molecule is COc1ccc(CNc2ccnc(Nc3ccc(N4CCCC4)cc3)n2)cc1. The molecular formula is C22H25N5O. The molecule has 144 valence electrons. The van der Waals surface area contributed by atoms with Gasteiger partial charge in [0.25, 0.3) is 0 Å². The van der Waals surface area contributed by atoms with Gasteiger partial charge in [0, 0.05) is 37.2 Å². The van der Waals surface area contributed by atoms with E-state index in [1.165, 1.54) is 18.5 Å². The first-order valence-electron chi connectivity index (χ1n) is 9.62. The van der Waals surface area contributed by atoms with Crippen LogP contribution in [-0.4, -0.2) is 30.2 Å². The molecule has 0 amide bonds. The Morgan fingerprint density at radius 3 is 2.43 bits per heavy atom. The zero-order chi connectivity index (χ0) is 19.2. The smallest absolute Gasteiger partial charge is 0.229 e. The minimum Gasteiger partial charge on any atom is -0.497 e. The van der Waals surface area contributed by atoms with E-state index in [1.807, 2.05) is 30.3 Å². The Kier molecular flexibility index (Phi) is 5.56. The molecule has 6 heteroatoms. The number of ether oxygens (including phenoxy) is 1. The lowest BCUT2D eigenvalue weighted by molar-refractivity contribution is 0.414. The number of rotatable bonds is 7. The normalized spacial score (nSPS) is 13.4. The summed E-state index contributed by atoms with van der Waals surface area (Å²) in [5, 5.41) is 6.61. The van der Waals surface area contributed by atoms with Crippen molar-refractivity contribution in [1.82, 2.24) is 9.97 Å². The Bertz CT molecular complexity index is 890. The maximum absolute atomic E-state index is 5.19. The lowest BCUT2D eigenvalue weighted by atomic mass is 10.2. The summed E-state index contributed by atoms with van der Waals surface area (Å²) in [5.41, 5.74) is 3.42. The molecule has 0 spiro atoms. The third-order valence-electron chi connectivity index (χ3n) is 4.88. The number of nitrogens with zero attached hydrogens (tertiary/aromatic N) is 3. The fraction of sp³-hybridized carbons (Fsp3) is 0.273. The van der Waals surface area contributed by atoms with Gasteiger partial charge in [-0.25, -0.2) is 4.98 Å². The molecule has 0 radical (unpaired) electrons. The van der Waals surface area contributed by atoms with Gasteiger partial charge in [0.15, 0.2) is 0 Å². The fourth-order valence-corrected chi connectivity index (χ4v) is 3.31. The van der Waals surface area contributed by atoms with E-state index in [2.05, 4.69) is 49.8 Å². The molecule has 3 aromatic rings. The Hall–Kier alpha value is -3.28. The van der Waals surface area contributed by atoms with Crippen LogP contribution < -0.4 is 20.3 Å². The van der Waals surface area contributed by atoms with Crippen LogP contribution in [0.4, 0.5) is 23.1 Å². The summed E-state index contributed by atoms with van der Waals surface area (Å²) >= 11 is 0. The molecule has 4 rings (SSSR count). The molecule has 6 nitrogen and oxygen atoms in total. The van der Waals surface area contributed by atoms with Crippen LogP contribution in [0.15, 0.2) is 60.8 Å².